The van der Waals surface area contributed by atoms with Crippen LogP contribution in [-0.2, 0) is 12.4 Å². The van der Waals surface area contributed by atoms with Crippen LogP contribution in [0.15, 0.2) is 53.1 Å². The van der Waals surface area contributed by atoms with Gasteiger partial charge < -0.3 is 14.6 Å². The van der Waals surface area contributed by atoms with Crippen LogP contribution < -0.4 is 10.1 Å². The minimum absolute atomic E-state index is 0.147. The molecule has 1 N–H and O–H groups in total. The fraction of sp³-hybridized carbons (Fsp3) is 0.286. The second-order valence-electron chi connectivity index (χ2n) is 6.31. The van der Waals surface area contributed by atoms with Gasteiger partial charge in [-0.2, -0.15) is 16.7 Å². The first-order chi connectivity index (χ1) is 13.6. The number of carbonyl (C=O) groups excluding carboxylic acids is 1. The SMILES string of the molecule is Cc1ccc(CSCCNC(=O)c2ccccc2OCc2noc(C)n2)cc1. The van der Waals surface area contributed by atoms with E-state index in [1.54, 1.807) is 30.8 Å². The van der Waals surface area contributed by atoms with Gasteiger partial charge in [0.2, 0.25) is 11.7 Å². The molecule has 0 bridgehead atoms. The summed E-state index contributed by atoms with van der Waals surface area (Å²) in [6, 6.07) is 15.6. The van der Waals surface area contributed by atoms with Crippen LogP contribution in [0.3, 0.4) is 0 Å². The summed E-state index contributed by atoms with van der Waals surface area (Å²) >= 11 is 1.79. The Bertz CT molecular complexity index is 909. The van der Waals surface area contributed by atoms with Gasteiger partial charge in [0.25, 0.3) is 5.91 Å². The number of rotatable bonds is 9. The average Bonchev–Trinajstić information content (AvgIpc) is 3.13. The molecule has 2 aromatic carbocycles. The van der Waals surface area contributed by atoms with Crippen molar-refractivity contribution in [1.82, 2.24) is 15.5 Å². The minimum Gasteiger partial charge on any atom is -0.485 e. The highest BCUT2D eigenvalue weighted by atomic mass is 32.2. The standard InChI is InChI=1S/C21H23N3O3S/c1-15-7-9-17(10-8-15)14-28-12-11-22-21(25)18-5-3-4-6-19(18)26-13-20-23-16(2)27-24-20/h3-10H,11-14H2,1-2H3,(H,22,25). The summed E-state index contributed by atoms with van der Waals surface area (Å²) in [4.78, 5) is 16.6. The lowest BCUT2D eigenvalue weighted by Crippen LogP contribution is -2.26. The lowest BCUT2D eigenvalue weighted by Gasteiger charge is -2.10. The highest BCUT2D eigenvalue weighted by molar-refractivity contribution is 7.98. The van der Waals surface area contributed by atoms with E-state index in [9.17, 15) is 4.79 Å². The number of para-hydroxylation sites is 1. The molecule has 6 nitrogen and oxygen atoms in total. The molecule has 1 heterocycles. The van der Waals surface area contributed by atoms with E-state index in [1.807, 2.05) is 12.1 Å². The molecule has 0 unspecified atom stereocenters. The third-order valence-electron chi connectivity index (χ3n) is 3.98. The number of amides is 1. The lowest BCUT2D eigenvalue weighted by molar-refractivity contribution is 0.0951. The quantitative estimate of drug-likeness (QED) is 0.551. The highest BCUT2D eigenvalue weighted by Gasteiger charge is 2.13. The molecule has 1 aromatic heterocycles. The third kappa shape index (κ3) is 5.85. The predicted octanol–water partition coefficient (Wildman–Crippen LogP) is 3.93. The molecular weight excluding hydrogens is 374 g/mol. The highest BCUT2D eigenvalue weighted by Crippen LogP contribution is 2.19. The van der Waals surface area contributed by atoms with Gasteiger partial charge in [0.05, 0.1) is 5.56 Å². The van der Waals surface area contributed by atoms with Gasteiger partial charge in [-0.3, -0.25) is 4.79 Å². The molecule has 0 saturated heterocycles. The number of carbonyl (C=O) groups is 1. The zero-order valence-corrected chi connectivity index (χ0v) is 16.8. The van der Waals surface area contributed by atoms with Gasteiger partial charge in [-0.25, -0.2) is 0 Å². The van der Waals surface area contributed by atoms with Crippen molar-refractivity contribution < 1.29 is 14.1 Å². The predicted molar refractivity (Wildman–Crippen MR) is 109 cm³/mol. The first-order valence-corrected chi connectivity index (χ1v) is 10.2. The maximum Gasteiger partial charge on any atom is 0.255 e. The molecule has 0 atom stereocenters. The van der Waals surface area contributed by atoms with Crippen molar-refractivity contribution in [3.63, 3.8) is 0 Å². The molecule has 146 valence electrons. The van der Waals surface area contributed by atoms with E-state index in [0.29, 0.717) is 29.6 Å². The summed E-state index contributed by atoms with van der Waals surface area (Å²) in [6.07, 6.45) is 0. The molecule has 0 fully saturated rings. The number of benzene rings is 2. The second-order valence-corrected chi connectivity index (χ2v) is 7.41. The number of hydrogen-bond acceptors (Lipinski definition) is 6. The number of nitrogens with zero attached hydrogens (tertiary/aromatic N) is 2. The number of aryl methyl sites for hydroxylation is 2. The second kappa shape index (κ2) is 9.94. The maximum absolute atomic E-state index is 12.5. The fourth-order valence-electron chi connectivity index (χ4n) is 2.53. The summed E-state index contributed by atoms with van der Waals surface area (Å²) in [6.45, 7) is 4.54. The van der Waals surface area contributed by atoms with Crippen molar-refractivity contribution in [2.45, 2.75) is 26.2 Å². The van der Waals surface area contributed by atoms with Crippen LogP contribution in [0.25, 0.3) is 0 Å². The van der Waals surface area contributed by atoms with E-state index < -0.39 is 0 Å². The van der Waals surface area contributed by atoms with Crippen molar-refractivity contribution in [1.29, 1.82) is 0 Å². The van der Waals surface area contributed by atoms with Crippen LogP contribution in [0.2, 0.25) is 0 Å². The maximum atomic E-state index is 12.5. The Morgan fingerprint density at radius 1 is 1.14 bits per heavy atom. The normalized spacial score (nSPS) is 10.6. The van der Waals surface area contributed by atoms with Crippen molar-refractivity contribution >= 4 is 17.7 Å². The van der Waals surface area contributed by atoms with E-state index in [0.717, 1.165) is 11.5 Å². The van der Waals surface area contributed by atoms with Gasteiger partial charge in [0.1, 0.15) is 5.75 Å². The van der Waals surface area contributed by atoms with E-state index in [4.69, 9.17) is 9.26 Å². The lowest BCUT2D eigenvalue weighted by atomic mass is 10.2. The molecule has 0 spiro atoms. The first kappa shape index (κ1) is 19.9. The van der Waals surface area contributed by atoms with Crippen molar-refractivity contribution in [2.24, 2.45) is 0 Å². The summed E-state index contributed by atoms with van der Waals surface area (Å²) in [5.41, 5.74) is 3.04. The van der Waals surface area contributed by atoms with Crippen LogP contribution in [0.5, 0.6) is 5.75 Å². The molecule has 28 heavy (non-hydrogen) atoms. The molecule has 0 saturated carbocycles. The van der Waals surface area contributed by atoms with Gasteiger partial charge in [-0.15, -0.1) is 0 Å². The van der Waals surface area contributed by atoms with Crippen LogP contribution in [0.1, 0.15) is 33.2 Å². The van der Waals surface area contributed by atoms with Crippen LogP contribution in [-0.4, -0.2) is 28.3 Å². The van der Waals surface area contributed by atoms with Crippen LogP contribution >= 0.6 is 11.8 Å². The Morgan fingerprint density at radius 3 is 2.68 bits per heavy atom. The zero-order chi connectivity index (χ0) is 19.8. The smallest absolute Gasteiger partial charge is 0.255 e. The summed E-state index contributed by atoms with van der Waals surface area (Å²) in [5.74, 6) is 3.03. The molecule has 0 aliphatic heterocycles. The van der Waals surface area contributed by atoms with E-state index in [-0.39, 0.29) is 12.5 Å². The van der Waals surface area contributed by atoms with E-state index >= 15 is 0 Å². The molecular formula is C21H23N3O3S. The Balaban J connectivity index is 1.45. The van der Waals surface area contributed by atoms with Crippen LogP contribution in [0, 0.1) is 13.8 Å². The minimum atomic E-state index is -0.157. The molecule has 0 radical (unpaired) electrons. The monoisotopic (exact) mass is 397 g/mol. The van der Waals surface area contributed by atoms with Gasteiger partial charge in [0, 0.05) is 25.0 Å². The summed E-state index contributed by atoms with van der Waals surface area (Å²) in [5, 5.41) is 6.74. The fourth-order valence-corrected chi connectivity index (χ4v) is 3.35. The van der Waals surface area contributed by atoms with E-state index in [2.05, 4.69) is 46.6 Å². The van der Waals surface area contributed by atoms with E-state index in [1.165, 1.54) is 11.1 Å². The topological polar surface area (TPSA) is 77.2 Å². The number of aromatic nitrogens is 2. The molecule has 3 aromatic rings. The summed E-state index contributed by atoms with van der Waals surface area (Å²) < 4.78 is 10.6. The van der Waals surface area contributed by atoms with Gasteiger partial charge in [-0.05, 0) is 24.6 Å². The molecule has 0 aliphatic carbocycles. The number of thioether (sulfide) groups is 1. The number of nitrogens with one attached hydrogen (secondary N) is 1. The number of ether oxygens (including phenoxy) is 1. The zero-order valence-electron chi connectivity index (χ0n) is 16.0. The molecule has 7 heteroatoms. The Hall–Kier alpha value is -2.80. The summed E-state index contributed by atoms with van der Waals surface area (Å²) in [7, 11) is 0. The molecule has 0 aliphatic rings. The third-order valence-corrected chi connectivity index (χ3v) is 5.01. The van der Waals surface area contributed by atoms with Gasteiger partial charge in [0.15, 0.2) is 6.61 Å². The van der Waals surface area contributed by atoms with Crippen molar-refractivity contribution in [2.75, 3.05) is 12.3 Å². The molecule has 1 amide bonds. The largest absolute Gasteiger partial charge is 0.485 e. The Kier molecular flexibility index (Phi) is 7.08. The van der Waals surface area contributed by atoms with Crippen molar-refractivity contribution in [3.05, 3.63) is 76.9 Å². The van der Waals surface area contributed by atoms with Gasteiger partial charge in [-0.1, -0.05) is 47.1 Å². The van der Waals surface area contributed by atoms with Crippen LogP contribution in [0.4, 0.5) is 0 Å². The van der Waals surface area contributed by atoms with Gasteiger partial charge >= 0.3 is 0 Å². The first-order valence-electron chi connectivity index (χ1n) is 9.04. The Morgan fingerprint density at radius 2 is 1.93 bits per heavy atom. The number of hydrogen-bond donors (Lipinski definition) is 1. The molecule has 3 rings (SSSR count). The Labute approximate surface area is 168 Å². The van der Waals surface area contributed by atoms with Crippen molar-refractivity contribution in [3.8, 4) is 5.75 Å². The average molecular weight is 398 g/mol.